The maximum absolute atomic E-state index is 3.75. The Hall–Kier alpha value is -0.820. The lowest BCUT2D eigenvalue weighted by Gasteiger charge is -2.42. The summed E-state index contributed by atoms with van der Waals surface area (Å²) in [6.45, 7) is 1.08. The van der Waals surface area contributed by atoms with Gasteiger partial charge >= 0.3 is 0 Å². The lowest BCUT2D eigenvalue weighted by molar-refractivity contribution is 0.173. The molecule has 1 fully saturated rings. The Morgan fingerprint density at radius 3 is 2.50 bits per heavy atom. The lowest BCUT2D eigenvalue weighted by Crippen LogP contribution is -2.49. The van der Waals surface area contributed by atoms with E-state index in [-0.39, 0.29) is 0 Å². The maximum atomic E-state index is 3.75. The predicted octanol–water partition coefficient (Wildman–Crippen LogP) is 2.65. The van der Waals surface area contributed by atoms with Gasteiger partial charge in [0.05, 0.1) is 0 Å². The van der Waals surface area contributed by atoms with Crippen molar-refractivity contribution in [1.82, 2.24) is 5.32 Å². The standard InChI is InChI=1S/C13H17N/c1-2-5-12-10-14-13(7-3-8-13)9-6-11(12)4-1/h1-2,4-5,14H,3,6-10H2. The summed E-state index contributed by atoms with van der Waals surface area (Å²) in [5, 5.41) is 3.75. The summed E-state index contributed by atoms with van der Waals surface area (Å²) in [5.74, 6) is 0. The number of fused-ring (bicyclic) bond motifs is 1. The minimum Gasteiger partial charge on any atom is -0.307 e. The number of rotatable bonds is 0. The van der Waals surface area contributed by atoms with Gasteiger partial charge in [0, 0.05) is 12.1 Å². The van der Waals surface area contributed by atoms with Crippen molar-refractivity contribution < 1.29 is 0 Å². The van der Waals surface area contributed by atoms with Gasteiger partial charge in [0.15, 0.2) is 0 Å². The first-order chi connectivity index (χ1) is 6.88. The molecule has 0 amide bonds. The van der Waals surface area contributed by atoms with Gasteiger partial charge in [-0.25, -0.2) is 0 Å². The number of hydrogen-bond acceptors (Lipinski definition) is 1. The highest BCUT2D eigenvalue weighted by atomic mass is 15.0. The second kappa shape index (κ2) is 3.09. The predicted molar refractivity (Wildman–Crippen MR) is 58.2 cm³/mol. The molecule has 74 valence electrons. The van der Waals surface area contributed by atoms with Gasteiger partial charge in [-0.1, -0.05) is 24.3 Å². The van der Waals surface area contributed by atoms with Gasteiger partial charge in [-0.05, 0) is 43.2 Å². The molecule has 0 atom stereocenters. The van der Waals surface area contributed by atoms with Crippen LogP contribution in [0, 0.1) is 0 Å². The molecule has 2 aliphatic rings. The molecule has 3 rings (SSSR count). The van der Waals surface area contributed by atoms with Crippen LogP contribution < -0.4 is 5.32 Å². The molecule has 1 heterocycles. The Morgan fingerprint density at radius 2 is 1.79 bits per heavy atom. The highest BCUT2D eigenvalue weighted by Gasteiger charge is 2.37. The van der Waals surface area contributed by atoms with Crippen LogP contribution in [-0.2, 0) is 13.0 Å². The molecule has 1 aromatic carbocycles. The average molecular weight is 187 g/mol. The second-order valence-electron chi connectivity index (χ2n) is 4.76. The summed E-state index contributed by atoms with van der Waals surface area (Å²) in [6, 6.07) is 8.87. The van der Waals surface area contributed by atoms with Gasteiger partial charge in [-0.15, -0.1) is 0 Å². The summed E-state index contributed by atoms with van der Waals surface area (Å²) >= 11 is 0. The van der Waals surface area contributed by atoms with Crippen LogP contribution in [0.25, 0.3) is 0 Å². The van der Waals surface area contributed by atoms with E-state index >= 15 is 0 Å². The second-order valence-corrected chi connectivity index (χ2v) is 4.76. The molecule has 1 aliphatic carbocycles. The Balaban J connectivity index is 1.86. The molecule has 14 heavy (non-hydrogen) atoms. The van der Waals surface area contributed by atoms with Crippen LogP contribution in [-0.4, -0.2) is 5.54 Å². The Bertz CT molecular complexity index is 310. The van der Waals surface area contributed by atoms with Crippen LogP contribution in [0.2, 0.25) is 0 Å². The van der Waals surface area contributed by atoms with E-state index in [1.165, 1.54) is 37.7 Å². The largest absolute Gasteiger partial charge is 0.307 e. The molecule has 0 bridgehead atoms. The van der Waals surface area contributed by atoms with Gasteiger partial charge in [-0.2, -0.15) is 0 Å². The van der Waals surface area contributed by atoms with E-state index in [1.54, 1.807) is 5.56 Å². The van der Waals surface area contributed by atoms with Crippen molar-refractivity contribution >= 4 is 0 Å². The van der Waals surface area contributed by atoms with Crippen molar-refractivity contribution in [3.8, 4) is 0 Å². The first-order valence-corrected chi connectivity index (χ1v) is 5.70. The fourth-order valence-electron chi connectivity index (χ4n) is 2.75. The van der Waals surface area contributed by atoms with Gasteiger partial charge in [0.2, 0.25) is 0 Å². The topological polar surface area (TPSA) is 12.0 Å². The fourth-order valence-corrected chi connectivity index (χ4v) is 2.75. The monoisotopic (exact) mass is 187 g/mol. The van der Waals surface area contributed by atoms with Gasteiger partial charge < -0.3 is 5.32 Å². The summed E-state index contributed by atoms with van der Waals surface area (Å²) in [7, 11) is 0. The minimum absolute atomic E-state index is 0.513. The van der Waals surface area contributed by atoms with Gasteiger partial charge in [-0.3, -0.25) is 0 Å². The number of nitrogens with one attached hydrogen (secondary N) is 1. The fraction of sp³-hybridized carbons (Fsp3) is 0.538. The molecule has 1 N–H and O–H groups in total. The van der Waals surface area contributed by atoms with Crippen molar-refractivity contribution in [2.24, 2.45) is 0 Å². The lowest BCUT2D eigenvalue weighted by atomic mass is 9.74. The van der Waals surface area contributed by atoms with Crippen LogP contribution in [0.4, 0.5) is 0 Å². The first-order valence-electron chi connectivity index (χ1n) is 5.70. The summed E-state index contributed by atoms with van der Waals surface area (Å²) in [6.07, 6.45) is 6.80. The van der Waals surface area contributed by atoms with Crippen LogP contribution in [0.5, 0.6) is 0 Å². The third-order valence-corrected chi connectivity index (χ3v) is 3.96. The van der Waals surface area contributed by atoms with E-state index in [0.717, 1.165) is 6.54 Å². The Kier molecular flexibility index (Phi) is 1.88. The molecule has 0 saturated heterocycles. The summed E-state index contributed by atoms with van der Waals surface area (Å²) in [5.41, 5.74) is 3.58. The third kappa shape index (κ3) is 1.27. The first kappa shape index (κ1) is 8.49. The van der Waals surface area contributed by atoms with Crippen LogP contribution >= 0.6 is 0 Å². The van der Waals surface area contributed by atoms with E-state index in [9.17, 15) is 0 Å². The summed E-state index contributed by atoms with van der Waals surface area (Å²) < 4.78 is 0. The normalized spacial score (nSPS) is 23.7. The molecule has 1 heteroatoms. The minimum atomic E-state index is 0.513. The molecule has 0 radical (unpaired) electrons. The van der Waals surface area contributed by atoms with Crippen molar-refractivity contribution in [2.45, 2.75) is 44.2 Å². The highest BCUT2D eigenvalue weighted by molar-refractivity contribution is 5.29. The van der Waals surface area contributed by atoms with E-state index in [2.05, 4.69) is 29.6 Å². The molecule has 0 unspecified atom stereocenters. The van der Waals surface area contributed by atoms with Crippen LogP contribution in [0.1, 0.15) is 36.8 Å². The molecule has 1 nitrogen and oxygen atoms in total. The van der Waals surface area contributed by atoms with Crippen molar-refractivity contribution in [3.05, 3.63) is 35.4 Å². The molecular weight excluding hydrogens is 170 g/mol. The number of aryl methyl sites for hydroxylation is 1. The molecule has 1 spiro atoms. The van der Waals surface area contributed by atoms with Gasteiger partial charge in [0.1, 0.15) is 0 Å². The smallest absolute Gasteiger partial charge is 0.0213 e. The SMILES string of the molecule is c1ccc2c(c1)CCC1(CCC1)NC2. The zero-order chi connectivity index (χ0) is 9.43. The van der Waals surface area contributed by atoms with Crippen molar-refractivity contribution in [1.29, 1.82) is 0 Å². The van der Waals surface area contributed by atoms with Crippen LogP contribution in [0.15, 0.2) is 24.3 Å². The average Bonchev–Trinajstić information content (AvgIpc) is 2.36. The zero-order valence-corrected chi connectivity index (χ0v) is 8.55. The quantitative estimate of drug-likeness (QED) is 0.658. The summed E-state index contributed by atoms with van der Waals surface area (Å²) in [4.78, 5) is 0. The van der Waals surface area contributed by atoms with Crippen molar-refractivity contribution in [3.63, 3.8) is 0 Å². The molecule has 0 aromatic heterocycles. The number of benzene rings is 1. The van der Waals surface area contributed by atoms with E-state index in [4.69, 9.17) is 0 Å². The van der Waals surface area contributed by atoms with Crippen molar-refractivity contribution in [2.75, 3.05) is 0 Å². The Morgan fingerprint density at radius 1 is 1.00 bits per heavy atom. The van der Waals surface area contributed by atoms with E-state index in [1.807, 2.05) is 0 Å². The van der Waals surface area contributed by atoms with Crippen LogP contribution in [0.3, 0.4) is 0 Å². The van der Waals surface area contributed by atoms with Gasteiger partial charge in [0.25, 0.3) is 0 Å². The third-order valence-electron chi connectivity index (χ3n) is 3.96. The molecular formula is C13H17N. The number of hydrogen-bond donors (Lipinski definition) is 1. The maximum Gasteiger partial charge on any atom is 0.0213 e. The molecule has 1 aliphatic heterocycles. The molecule has 1 aromatic rings. The Labute approximate surface area is 85.5 Å². The highest BCUT2D eigenvalue weighted by Crippen LogP contribution is 2.38. The zero-order valence-electron chi connectivity index (χ0n) is 8.55. The van der Waals surface area contributed by atoms with E-state index in [0.29, 0.717) is 5.54 Å². The van der Waals surface area contributed by atoms with E-state index < -0.39 is 0 Å². The molecule has 1 saturated carbocycles.